The Bertz CT molecular complexity index is 394. The van der Waals surface area contributed by atoms with Gasteiger partial charge in [-0.1, -0.05) is 26.0 Å². The van der Waals surface area contributed by atoms with Crippen molar-refractivity contribution in [2.45, 2.75) is 33.3 Å². The van der Waals surface area contributed by atoms with Gasteiger partial charge in [0.1, 0.15) is 5.75 Å². The molecule has 0 saturated carbocycles. The molecule has 0 fully saturated rings. The van der Waals surface area contributed by atoms with E-state index >= 15 is 0 Å². The number of ether oxygens (including phenoxy) is 1. The number of benzene rings is 1. The van der Waals surface area contributed by atoms with Crippen LogP contribution in [0, 0.1) is 12.3 Å². The minimum absolute atomic E-state index is 0.206. The Labute approximate surface area is 104 Å². The summed E-state index contributed by atoms with van der Waals surface area (Å²) in [5.74, 6) is 0.850. The smallest absolute Gasteiger partial charge is 0.121 e. The molecule has 0 aliphatic carbocycles. The Morgan fingerprint density at radius 2 is 2.12 bits per heavy atom. The number of hydrogen-bond donors (Lipinski definition) is 1. The third-order valence-corrected chi connectivity index (χ3v) is 3.15. The van der Waals surface area contributed by atoms with E-state index in [-0.39, 0.29) is 5.41 Å². The zero-order chi connectivity index (χ0) is 13.1. The quantitative estimate of drug-likeness (QED) is 0.788. The largest absolute Gasteiger partial charge is 0.496 e. The van der Waals surface area contributed by atoms with E-state index in [0.29, 0.717) is 0 Å². The van der Waals surface area contributed by atoms with Crippen LogP contribution in [0.2, 0.25) is 0 Å². The molecule has 0 amide bonds. The molecule has 1 atom stereocenters. The number of hydrogen-bond acceptors (Lipinski definition) is 2. The van der Waals surface area contributed by atoms with Gasteiger partial charge in [0.15, 0.2) is 0 Å². The molecule has 0 bridgehead atoms. The predicted octanol–water partition coefficient (Wildman–Crippen LogP) is 3.64. The normalized spacial score (nSPS) is 13.2. The Morgan fingerprint density at radius 3 is 2.59 bits per heavy atom. The molecule has 0 spiro atoms. The predicted molar refractivity (Wildman–Crippen MR) is 71.3 cm³/mol. The van der Waals surface area contributed by atoms with Gasteiger partial charge in [-0.05, 0) is 42.0 Å². The molecule has 0 saturated heterocycles. The number of methoxy groups -OCH3 is 1. The first-order valence-electron chi connectivity index (χ1n) is 5.86. The summed E-state index contributed by atoms with van der Waals surface area (Å²) in [6, 6.07) is 5.80. The maximum Gasteiger partial charge on any atom is 0.121 e. The van der Waals surface area contributed by atoms with Crippen molar-refractivity contribution in [2.75, 3.05) is 7.11 Å². The van der Waals surface area contributed by atoms with Crippen LogP contribution < -0.4 is 4.74 Å². The summed E-state index contributed by atoms with van der Waals surface area (Å²) in [5.41, 5.74) is 1.76. The topological polar surface area (TPSA) is 29.5 Å². The van der Waals surface area contributed by atoms with Gasteiger partial charge in [0, 0.05) is 0 Å². The lowest BCUT2D eigenvalue weighted by Crippen LogP contribution is -2.21. The van der Waals surface area contributed by atoms with Crippen LogP contribution in [0.15, 0.2) is 30.9 Å². The Balaban J connectivity index is 3.00. The highest BCUT2D eigenvalue weighted by atomic mass is 16.5. The molecule has 1 aromatic carbocycles. The number of rotatable bonds is 5. The van der Waals surface area contributed by atoms with E-state index in [9.17, 15) is 5.11 Å². The van der Waals surface area contributed by atoms with Crippen molar-refractivity contribution in [1.29, 1.82) is 0 Å². The molecule has 1 unspecified atom stereocenters. The highest BCUT2D eigenvalue weighted by molar-refractivity contribution is 5.37. The molecule has 0 aliphatic rings. The minimum Gasteiger partial charge on any atom is -0.496 e. The monoisotopic (exact) mass is 234 g/mol. The third kappa shape index (κ3) is 3.10. The van der Waals surface area contributed by atoms with Crippen LogP contribution >= 0.6 is 0 Å². The fourth-order valence-electron chi connectivity index (χ4n) is 2.01. The fourth-order valence-corrected chi connectivity index (χ4v) is 2.01. The van der Waals surface area contributed by atoms with E-state index in [2.05, 4.69) is 6.58 Å². The standard InChI is InChI=1S/C15H22O2/c1-6-9-15(3,4)14(16)12-7-8-13(17-5)11(2)10-12/h6-8,10,14,16H,1,9H2,2-5H3. The fraction of sp³-hybridized carbons (Fsp3) is 0.467. The molecular weight excluding hydrogens is 212 g/mol. The Kier molecular flexibility index (Phi) is 4.35. The van der Waals surface area contributed by atoms with Crippen molar-refractivity contribution in [3.8, 4) is 5.75 Å². The first-order valence-corrected chi connectivity index (χ1v) is 5.86. The molecule has 2 heteroatoms. The van der Waals surface area contributed by atoms with Crippen molar-refractivity contribution in [3.05, 3.63) is 42.0 Å². The van der Waals surface area contributed by atoms with Crippen LogP contribution in [0.4, 0.5) is 0 Å². The van der Waals surface area contributed by atoms with E-state index in [0.717, 1.165) is 23.3 Å². The van der Waals surface area contributed by atoms with Crippen molar-refractivity contribution in [2.24, 2.45) is 5.41 Å². The minimum atomic E-state index is -0.495. The van der Waals surface area contributed by atoms with Crippen molar-refractivity contribution >= 4 is 0 Å². The molecule has 1 rings (SSSR count). The summed E-state index contributed by atoms with van der Waals surface area (Å²) in [6.07, 6.45) is 2.13. The van der Waals surface area contributed by atoms with Crippen molar-refractivity contribution in [3.63, 3.8) is 0 Å². The molecule has 94 valence electrons. The second kappa shape index (κ2) is 5.37. The first kappa shape index (κ1) is 13.8. The van der Waals surface area contributed by atoms with E-state index < -0.39 is 6.10 Å². The average Bonchev–Trinajstić information content (AvgIpc) is 2.27. The summed E-state index contributed by atoms with van der Waals surface area (Å²) >= 11 is 0. The number of aliphatic hydroxyl groups excluding tert-OH is 1. The van der Waals surface area contributed by atoms with Gasteiger partial charge in [0.05, 0.1) is 13.2 Å². The summed E-state index contributed by atoms with van der Waals surface area (Å²) < 4.78 is 5.22. The molecule has 0 aliphatic heterocycles. The van der Waals surface area contributed by atoms with E-state index in [1.807, 2.05) is 45.0 Å². The van der Waals surface area contributed by atoms with Gasteiger partial charge in [0.2, 0.25) is 0 Å². The third-order valence-electron chi connectivity index (χ3n) is 3.15. The zero-order valence-corrected chi connectivity index (χ0v) is 11.2. The van der Waals surface area contributed by atoms with Gasteiger partial charge >= 0.3 is 0 Å². The number of allylic oxidation sites excluding steroid dienone is 1. The first-order chi connectivity index (χ1) is 7.92. The number of aryl methyl sites for hydroxylation is 1. The summed E-state index contributed by atoms with van der Waals surface area (Å²) in [6.45, 7) is 9.80. The van der Waals surface area contributed by atoms with Gasteiger partial charge in [-0.25, -0.2) is 0 Å². The van der Waals surface area contributed by atoms with Gasteiger partial charge in [0.25, 0.3) is 0 Å². The van der Waals surface area contributed by atoms with Crippen LogP contribution in [0.1, 0.15) is 37.5 Å². The molecule has 1 aromatic rings. The highest BCUT2D eigenvalue weighted by Gasteiger charge is 2.28. The van der Waals surface area contributed by atoms with Crippen LogP contribution in [-0.2, 0) is 0 Å². The van der Waals surface area contributed by atoms with Gasteiger partial charge in [-0.15, -0.1) is 6.58 Å². The lowest BCUT2D eigenvalue weighted by atomic mass is 9.79. The lowest BCUT2D eigenvalue weighted by molar-refractivity contribution is 0.0513. The van der Waals surface area contributed by atoms with E-state index in [1.54, 1.807) is 7.11 Å². The summed E-state index contributed by atoms with van der Waals surface area (Å²) in [4.78, 5) is 0. The lowest BCUT2D eigenvalue weighted by Gasteiger charge is -2.30. The summed E-state index contributed by atoms with van der Waals surface area (Å²) in [5, 5.41) is 10.4. The molecule has 2 nitrogen and oxygen atoms in total. The van der Waals surface area contributed by atoms with Crippen LogP contribution in [0.25, 0.3) is 0 Å². The SMILES string of the molecule is C=CCC(C)(C)C(O)c1ccc(OC)c(C)c1. The van der Waals surface area contributed by atoms with Crippen LogP contribution in [0.3, 0.4) is 0 Å². The molecule has 0 heterocycles. The van der Waals surface area contributed by atoms with Crippen molar-refractivity contribution < 1.29 is 9.84 Å². The molecular formula is C15H22O2. The van der Waals surface area contributed by atoms with Gasteiger partial charge < -0.3 is 9.84 Å². The van der Waals surface area contributed by atoms with E-state index in [1.165, 1.54) is 0 Å². The highest BCUT2D eigenvalue weighted by Crippen LogP contribution is 2.37. The second-order valence-electron chi connectivity index (χ2n) is 5.11. The number of aliphatic hydroxyl groups is 1. The molecule has 1 N–H and O–H groups in total. The Morgan fingerprint density at radius 1 is 1.47 bits per heavy atom. The average molecular weight is 234 g/mol. The maximum absolute atomic E-state index is 10.4. The second-order valence-corrected chi connectivity index (χ2v) is 5.11. The maximum atomic E-state index is 10.4. The van der Waals surface area contributed by atoms with Gasteiger partial charge in [-0.2, -0.15) is 0 Å². The van der Waals surface area contributed by atoms with Crippen molar-refractivity contribution in [1.82, 2.24) is 0 Å². The van der Waals surface area contributed by atoms with Crippen LogP contribution in [0.5, 0.6) is 5.75 Å². The molecule has 0 aromatic heterocycles. The van der Waals surface area contributed by atoms with E-state index in [4.69, 9.17) is 4.74 Å². The summed E-state index contributed by atoms with van der Waals surface area (Å²) in [7, 11) is 1.65. The van der Waals surface area contributed by atoms with Gasteiger partial charge in [-0.3, -0.25) is 0 Å². The zero-order valence-electron chi connectivity index (χ0n) is 11.2. The molecule has 0 radical (unpaired) electrons. The Hall–Kier alpha value is -1.28. The van der Waals surface area contributed by atoms with Crippen LogP contribution in [-0.4, -0.2) is 12.2 Å². The molecule has 17 heavy (non-hydrogen) atoms.